The lowest BCUT2D eigenvalue weighted by atomic mass is 10.3. The van der Waals surface area contributed by atoms with Crippen LogP contribution in [0.2, 0.25) is 5.02 Å². The first kappa shape index (κ1) is 17.7. The van der Waals surface area contributed by atoms with E-state index < -0.39 is 0 Å². The Balaban J connectivity index is 1.52. The van der Waals surface area contributed by atoms with Crippen LogP contribution < -0.4 is 15.4 Å². The molecule has 2 N–H and O–H groups in total. The molecule has 2 aromatic heterocycles. The smallest absolute Gasteiger partial charge is 0.319 e. The number of benzene rings is 1. The van der Waals surface area contributed by atoms with E-state index in [0.717, 1.165) is 11.4 Å². The maximum Gasteiger partial charge on any atom is 0.319 e. The Morgan fingerprint density at radius 2 is 1.73 bits per heavy atom. The lowest BCUT2D eigenvalue weighted by Gasteiger charge is -2.11. The molecule has 26 heavy (non-hydrogen) atoms. The number of nitrogens with zero attached hydrogens (tertiary/aromatic N) is 2. The van der Waals surface area contributed by atoms with Crippen molar-refractivity contribution in [3.8, 4) is 5.75 Å². The van der Waals surface area contributed by atoms with Crippen LogP contribution in [0.1, 0.15) is 11.4 Å². The summed E-state index contributed by atoms with van der Waals surface area (Å²) < 4.78 is 5.66. The Kier molecular flexibility index (Phi) is 6.01. The highest BCUT2D eigenvalue weighted by molar-refractivity contribution is 6.32. The minimum absolute atomic E-state index is 0.317. The van der Waals surface area contributed by atoms with Gasteiger partial charge in [0.05, 0.1) is 23.0 Å². The Labute approximate surface area is 156 Å². The molecule has 0 aliphatic rings. The zero-order valence-electron chi connectivity index (χ0n) is 13.9. The van der Waals surface area contributed by atoms with Gasteiger partial charge in [-0.25, -0.2) is 4.79 Å². The fourth-order valence-electron chi connectivity index (χ4n) is 2.18. The molecule has 2 heterocycles. The van der Waals surface area contributed by atoms with Crippen molar-refractivity contribution in [2.75, 3.05) is 5.32 Å². The van der Waals surface area contributed by atoms with E-state index in [9.17, 15) is 4.79 Å². The molecule has 6 nitrogen and oxygen atoms in total. The highest BCUT2D eigenvalue weighted by atomic mass is 35.5. The first-order chi connectivity index (χ1) is 12.7. The third kappa shape index (κ3) is 5.19. The van der Waals surface area contributed by atoms with Crippen LogP contribution >= 0.6 is 11.6 Å². The van der Waals surface area contributed by atoms with Crippen LogP contribution in [0.5, 0.6) is 5.75 Å². The minimum atomic E-state index is -0.339. The van der Waals surface area contributed by atoms with Crippen molar-refractivity contribution in [1.29, 1.82) is 0 Å². The summed E-state index contributed by atoms with van der Waals surface area (Å²) in [5.41, 5.74) is 2.15. The molecule has 2 amide bonds. The molecule has 0 bridgehead atoms. The lowest BCUT2D eigenvalue weighted by molar-refractivity contribution is 0.251. The monoisotopic (exact) mass is 368 g/mol. The van der Waals surface area contributed by atoms with Gasteiger partial charge in [-0.15, -0.1) is 0 Å². The maximum atomic E-state index is 12.0. The highest BCUT2D eigenvalue weighted by Crippen LogP contribution is 2.28. The van der Waals surface area contributed by atoms with Gasteiger partial charge >= 0.3 is 6.03 Å². The van der Waals surface area contributed by atoms with E-state index in [1.54, 1.807) is 30.6 Å². The van der Waals surface area contributed by atoms with Crippen LogP contribution in [0.15, 0.2) is 67.0 Å². The van der Waals surface area contributed by atoms with Gasteiger partial charge in [0.2, 0.25) is 0 Å². The number of urea groups is 1. The van der Waals surface area contributed by atoms with Crippen LogP contribution in [0.4, 0.5) is 10.5 Å². The second kappa shape index (κ2) is 8.82. The molecule has 132 valence electrons. The van der Waals surface area contributed by atoms with Crippen molar-refractivity contribution in [2.24, 2.45) is 0 Å². The minimum Gasteiger partial charge on any atom is -0.486 e. The number of nitrogens with one attached hydrogen (secondary N) is 2. The van der Waals surface area contributed by atoms with Crippen molar-refractivity contribution in [3.05, 3.63) is 83.4 Å². The second-order valence-electron chi connectivity index (χ2n) is 5.38. The first-order valence-corrected chi connectivity index (χ1v) is 8.35. The van der Waals surface area contributed by atoms with E-state index in [4.69, 9.17) is 16.3 Å². The highest BCUT2D eigenvalue weighted by Gasteiger charge is 2.07. The Hall–Kier alpha value is -3.12. The number of hydrogen-bond donors (Lipinski definition) is 2. The largest absolute Gasteiger partial charge is 0.486 e. The van der Waals surface area contributed by atoms with Crippen molar-refractivity contribution in [1.82, 2.24) is 15.3 Å². The molecule has 3 aromatic rings. The summed E-state index contributed by atoms with van der Waals surface area (Å²) in [6.45, 7) is 0.656. The van der Waals surface area contributed by atoms with Crippen LogP contribution in [0.3, 0.4) is 0 Å². The third-order valence-electron chi connectivity index (χ3n) is 3.45. The maximum absolute atomic E-state index is 12.0. The molecule has 3 rings (SSSR count). The number of carbonyl (C=O) groups is 1. The van der Waals surface area contributed by atoms with E-state index in [-0.39, 0.29) is 6.03 Å². The molecule has 0 atom stereocenters. The molecule has 0 radical (unpaired) electrons. The number of halogens is 1. The van der Waals surface area contributed by atoms with Crippen LogP contribution in [0.25, 0.3) is 0 Å². The standard InChI is InChI=1S/C19H17ClN4O2/c20-17-11-14(24-19(25)23-12-15-5-1-3-9-21-15)7-8-18(17)26-13-16-6-2-4-10-22-16/h1-11H,12-13H2,(H2,23,24,25). The summed E-state index contributed by atoms with van der Waals surface area (Å²) in [6, 6.07) is 15.9. The molecule has 0 aliphatic carbocycles. The summed E-state index contributed by atoms with van der Waals surface area (Å²) in [6.07, 6.45) is 3.38. The Morgan fingerprint density at radius 1 is 1.00 bits per heavy atom. The normalized spacial score (nSPS) is 10.2. The number of ether oxygens (including phenoxy) is 1. The van der Waals surface area contributed by atoms with E-state index in [1.165, 1.54) is 0 Å². The Bertz CT molecular complexity index is 860. The summed E-state index contributed by atoms with van der Waals surface area (Å²) >= 11 is 6.22. The molecule has 0 spiro atoms. The predicted octanol–water partition coefficient (Wildman–Crippen LogP) is 4.03. The molecule has 0 saturated carbocycles. The van der Waals surface area contributed by atoms with Crippen molar-refractivity contribution in [2.45, 2.75) is 13.2 Å². The molecular weight excluding hydrogens is 352 g/mol. The van der Waals surface area contributed by atoms with Gasteiger partial charge in [-0.1, -0.05) is 23.7 Å². The van der Waals surface area contributed by atoms with Gasteiger partial charge in [-0.05, 0) is 42.5 Å². The number of amides is 2. The lowest BCUT2D eigenvalue weighted by Crippen LogP contribution is -2.28. The zero-order chi connectivity index (χ0) is 18.2. The van der Waals surface area contributed by atoms with Gasteiger partial charge in [0.25, 0.3) is 0 Å². The van der Waals surface area contributed by atoms with E-state index in [1.807, 2.05) is 36.4 Å². The topological polar surface area (TPSA) is 76.1 Å². The van der Waals surface area contributed by atoms with Crippen LogP contribution in [-0.2, 0) is 13.2 Å². The van der Waals surface area contributed by atoms with Gasteiger partial charge < -0.3 is 15.4 Å². The number of rotatable bonds is 6. The fraction of sp³-hybridized carbons (Fsp3) is 0.105. The zero-order valence-corrected chi connectivity index (χ0v) is 14.6. The summed E-state index contributed by atoms with van der Waals surface area (Å²) in [4.78, 5) is 20.3. The number of aromatic nitrogens is 2. The SMILES string of the molecule is O=C(NCc1ccccn1)Nc1ccc(OCc2ccccn2)c(Cl)c1. The first-order valence-electron chi connectivity index (χ1n) is 7.98. The number of carbonyl (C=O) groups excluding carboxylic acids is 1. The van der Waals surface area contributed by atoms with Gasteiger partial charge in [0.15, 0.2) is 0 Å². The number of anilines is 1. The van der Waals surface area contributed by atoms with Crippen LogP contribution in [-0.4, -0.2) is 16.0 Å². The molecule has 0 unspecified atom stereocenters. The van der Waals surface area contributed by atoms with Crippen molar-refractivity contribution in [3.63, 3.8) is 0 Å². The van der Waals surface area contributed by atoms with Gasteiger partial charge in [-0.3, -0.25) is 9.97 Å². The fourth-order valence-corrected chi connectivity index (χ4v) is 2.41. The summed E-state index contributed by atoms with van der Waals surface area (Å²) in [7, 11) is 0. The molecule has 7 heteroatoms. The average Bonchev–Trinajstić information content (AvgIpc) is 2.67. The van der Waals surface area contributed by atoms with E-state index >= 15 is 0 Å². The van der Waals surface area contributed by atoms with Gasteiger partial charge in [0.1, 0.15) is 12.4 Å². The summed E-state index contributed by atoms with van der Waals surface area (Å²) in [5.74, 6) is 0.525. The third-order valence-corrected chi connectivity index (χ3v) is 3.74. The van der Waals surface area contributed by atoms with Gasteiger partial charge in [-0.2, -0.15) is 0 Å². The molecule has 0 fully saturated rings. The van der Waals surface area contributed by atoms with Gasteiger partial charge in [0, 0.05) is 18.1 Å². The summed E-state index contributed by atoms with van der Waals surface area (Å²) in [5, 5.41) is 5.86. The van der Waals surface area contributed by atoms with Crippen LogP contribution in [0, 0.1) is 0 Å². The number of pyridine rings is 2. The molecular formula is C19H17ClN4O2. The van der Waals surface area contributed by atoms with E-state index in [0.29, 0.717) is 29.6 Å². The van der Waals surface area contributed by atoms with Crippen molar-refractivity contribution >= 4 is 23.3 Å². The molecule has 0 aliphatic heterocycles. The predicted molar refractivity (Wildman–Crippen MR) is 100 cm³/mol. The second-order valence-corrected chi connectivity index (χ2v) is 5.79. The average molecular weight is 369 g/mol. The Morgan fingerprint density at radius 3 is 2.38 bits per heavy atom. The van der Waals surface area contributed by atoms with Crippen molar-refractivity contribution < 1.29 is 9.53 Å². The molecule has 1 aromatic carbocycles. The number of hydrogen-bond acceptors (Lipinski definition) is 4. The molecule has 0 saturated heterocycles. The van der Waals surface area contributed by atoms with E-state index in [2.05, 4.69) is 20.6 Å². The quantitative estimate of drug-likeness (QED) is 0.688.